The van der Waals surface area contributed by atoms with Crippen LogP contribution in [0.5, 0.6) is 11.5 Å². The average Bonchev–Trinajstić information content (AvgIpc) is 2.99. The van der Waals surface area contributed by atoms with Crippen LogP contribution in [0.25, 0.3) is 39.0 Å². The van der Waals surface area contributed by atoms with Crippen molar-refractivity contribution in [2.45, 2.75) is 0 Å². The second kappa shape index (κ2) is 11.5. The van der Waals surface area contributed by atoms with Crippen LogP contribution in [0.3, 0.4) is 0 Å². The first-order valence-electron chi connectivity index (χ1n) is 12.9. The van der Waals surface area contributed by atoms with Crippen LogP contribution in [-0.4, -0.2) is 36.4 Å². The third-order valence-corrected chi connectivity index (χ3v) is 6.82. The molecule has 3 aromatic carbocycles. The number of aromatic hydroxyl groups is 2. The Morgan fingerprint density at radius 3 is 1.52 bits per heavy atom. The fourth-order valence-electron chi connectivity index (χ4n) is 4.49. The zero-order valence-electron chi connectivity index (χ0n) is 23.1. The number of anilines is 2. The number of carbonyl (C=O) groups is 1. The molecule has 0 bridgehead atoms. The number of pyridine rings is 2. The molecule has 0 atom stereocenters. The largest absolute Gasteiger partial charge is 0.508 e. The molecule has 0 aliphatic rings. The number of carboxylic acids is 1. The maximum absolute atomic E-state index is 11.1. The smallest absolute Gasteiger partial charge is 0.339 e. The highest BCUT2D eigenvalue weighted by Crippen LogP contribution is 2.29. The van der Waals surface area contributed by atoms with Crippen molar-refractivity contribution < 1.29 is 25.2 Å². The van der Waals surface area contributed by atoms with E-state index in [4.69, 9.17) is 28.3 Å². The van der Waals surface area contributed by atoms with Gasteiger partial charge >= 0.3 is 5.97 Å². The Bertz CT molecular complexity index is 1880. The van der Waals surface area contributed by atoms with E-state index in [9.17, 15) is 20.1 Å². The van der Waals surface area contributed by atoms with Gasteiger partial charge < -0.3 is 31.9 Å². The molecule has 2 heterocycles. The number of nitrogens with zero attached hydrogens (tertiary/aromatic N) is 4. The van der Waals surface area contributed by atoms with E-state index in [-0.39, 0.29) is 28.3 Å². The molecule has 0 saturated carbocycles. The summed E-state index contributed by atoms with van der Waals surface area (Å²) >= 11 is 0. The van der Waals surface area contributed by atoms with Crippen LogP contribution in [0.15, 0.2) is 92.0 Å². The van der Waals surface area contributed by atoms with Crippen molar-refractivity contribution in [1.29, 1.82) is 0 Å². The van der Waals surface area contributed by atoms with Gasteiger partial charge in [-0.05, 0) is 36.4 Å². The second-order valence-electron chi connectivity index (χ2n) is 9.80. The third-order valence-electron chi connectivity index (χ3n) is 6.82. The Morgan fingerprint density at radius 2 is 1.14 bits per heavy atom. The molecule has 0 fully saturated rings. The Kier molecular flexibility index (Phi) is 7.64. The molecule has 5 aromatic rings. The molecule has 0 radical (unpaired) electrons. The van der Waals surface area contributed by atoms with Crippen molar-refractivity contribution in [3.8, 4) is 11.5 Å². The topological polar surface area (TPSA) is 234 Å². The summed E-state index contributed by atoms with van der Waals surface area (Å²) in [6.07, 6.45) is 6.08. The van der Waals surface area contributed by atoms with E-state index < -0.39 is 11.7 Å². The second-order valence-corrected chi connectivity index (χ2v) is 9.80. The van der Waals surface area contributed by atoms with Crippen LogP contribution in [-0.2, 0) is 0 Å². The summed E-state index contributed by atoms with van der Waals surface area (Å²) in [5.74, 6) is 10.1. The predicted molar refractivity (Wildman–Crippen MR) is 170 cm³/mol. The van der Waals surface area contributed by atoms with Crippen LogP contribution in [0.4, 0.5) is 11.4 Å². The van der Waals surface area contributed by atoms with Crippen molar-refractivity contribution in [2.75, 3.05) is 10.0 Å². The van der Waals surface area contributed by atoms with Gasteiger partial charge in [0.1, 0.15) is 22.8 Å². The molecule has 0 spiro atoms. The number of hydrazine groups is 2. The van der Waals surface area contributed by atoms with Crippen LogP contribution in [0.1, 0.15) is 27.0 Å². The van der Waals surface area contributed by atoms with Gasteiger partial charge in [0.25, 0.3) is 0 Å². The summed E-state index contributed by atoms with van der Waals surface area (Å²) in [4.78, 5) is 20.3. The summed E-state index contributed by atoms with van der Waals surface area (Å²) < 4.78 is 0. The summed E-state index contributed by atoms with van der Waals surface area (Å²) in [5.41, 5.74) is 16.3. The first-order valence-corrected chi connectivity index (χ1v) is 12.9. The fourth-order valence-corrected chi connectivity index (χ4v) is 4.49. The van der Waals surface area contributed by atoms with Gasteiger partial charge in [0.2, 0.25) is 0 Å². The number of aliphatic hydroxyl groups excluding tert-OH is 1. The van der Waals surface area contributed by atoms with Crippen molar-refractivity contribution >= 4 is 56.3 Å². The van der Waals surface area contributed by atoms with Gasteiger partial charge in [0.05, 0.1) is 39.4 Å². The molecular formula is C31H28N8O5. The number of rotatable bonds is 8. The minimum absolute atomic E-state index is 0.183. The zero-order chi connectivity index (χ0) is 31.7. The van der Waals surface area contributed by atoms with Gasteiger partial charge in [0.15, 0.2) is 0 Å². The highest BCUT2D eigenvalue weighted by molar-refractivity contribution is 6.04. The lowest BCUT2D eigenvalue weighted by Gasteiger charge is -2.17. The number of carboxylic acid groups (broad SMARTS) is 1. The van der Waals surface area contributed by atoms with Crippen molar-refractivity contribution in [3.05, 3.63) is 114 Å². The lowest BCUT2D eigenvalue weighted by Crippen LogP contribution is -2.25. The van der Waals surface area contributed by atoms with E-state index >= 15 is 0 Å². The molecule has 0 aliphatic carbocycles. The quantitative estimate of drug-likeness (QED) is 0.0556. The van der Waals surface area contributed by atoms with E-state index in [0.717, 1.165) is 10.8 Å². The Labute approximate surface area is 250 Å². The highest BCUT2D eigenvalue weighted by atomic mass is 16.4. The summed E-state index contributed by atoms with van der Waals surface area (Å²) in [5, 5.41) is 42.7. The van der Waals surface area contributed by atoms with Gasteiger partial charge in [0, 0.05) is 58.8 Å². The SMILES string of the molecule is C=C(O)c1ccc(N(N)/C=C(\N)c2cnc3c(ccc4cc(/C(N)=C/N(N)c5ccc(C(=O)O)c(O)c5)cnc43)c2)cc1O. The van der Waals surface area contributed by atoms with E-state index in [0.29, 0.717) is 39.2 Å². The average molecular weight is 593 g/mol. The van der Waals surface area contributed by atoms with Gasteiger partial charge in [-0.2, -0.15) is 0 Å². The van der Waals surface area contributed by atoms with Gasteiger partial charge in [-0.1, -0.05) is 18.7 Å². The van der Waals surface area contributed by atoms with Crippen LogP contribution in [0, 0.1) is 0 Å². The molecule has 44 heavy (non-hydrogen) atoms. The normalized spacial score (nSPS) is 12.0. The summed E-state index contributed by atoms with van der Waals surface area (Å²) in [7, 11) is 0. The minimum atomic E-state index is -1.26. The van der Waals surface area contributed by atoms with Gasteiger partial charge in [-0.25, -0.2) is 16.5 Å². The van der Waals surface area contributed by atoms with Gasteiger partial charge in [-0.15, -0.1) is 0 Å². The van der Waals surface area contributed by atoms with Crippen molar-refractivity contribution in [3.63, 3.8) is 0 Å². The molecule has 0 amide bonds. The molecule has 5 rings (SSSR count). The Hall–Kier alpha value is -6.31. The van der Waals surface area contributed by atoms with Gasteiger partial charge in [-0.3, -0.25) is 20.0 Å². The first kappa shape index (κ1) is 29.2. The van der Waals surface area contributed by atoms with Crippen LogP contribution >= 0.6 is 0 Å². The number of phenols is 2. The number of aromatic carboxylic acids is 1. The van der Waals surface area contributed by atoms with E-state index in [1.807, 2.05) is 24.3 Å². The van der Waals surface area contributed by atoms with Crippen molar-refractivity contribution in [1.82, 2.24) is 9.97 Å². The van der Waals surface area contributed by atoms with Crippen molar-refractivity contribution in [2.24, 2.45) is 23.2 Å². The lowest BCUT2D eigenvalue weighted by molar-refractivity contribution is 0.0693. The van der Waals surface area contributed by atoms with Crippen LogP contribution < -0.4 is 33.2 Å². The molecule has 0 aliphatic heterocycles. The number of hydrogen-bond acceptors (Lipinski definition) is 12. The number of nitrogens with two attached hydrogens (primary N) is 4. The Morgan fingerprint density at radius 1 is 0.705 bits per heavy atom. The number of hydrogen-bond donors (Lipinski definition) is 8. The van der Waals surface area contributed by atoms with E-state index in [2.05, 4.69) is 16.5 Å². The molecule has 0 saturated heterocycles. The maximum atomic E-state index is 11.1. The number of aliphatic hydroxyl groups is 1. The molecule has 0 unspecified atom stereocenters. The molecule has 13 nitrogen and oxygen atoms in total. The summed E-state index contributed by atoms with van der Waals surface area (Å²) in [6, 6.07) is 15.8. The fraction of sp³-hybridized carbons (Fsp3) is 0. The summed E-state index contributed by atoms with van der Waals surface area (Å²) in [6.45, 7) is 3.41. The standard InChI is InChI=1S/C31H28N8O5/c1-16(40)23-6-4-21(10-27(23)41)38(34)14-25(32)19-8-17-2-3-18-9-20(13-37-30(18)29(17)36-12-19)26(33)15-39(35)22-5-7-24(31(43)44)28(42)11-22/h2-15,40-42H,1,32-35H2,(H,43,44)/b25-14-,26-15-. The molecule has 222 valence electrons. The number of phenolic OH excluding ortho intramolecular Hbond substituents is 1. The van der Waals surface area contributed by atoms with Crippen LogP contribution in [0.2, 0.25) is 0 Å². The predicted octanol–water partition coefficient (Wildman–Crippen LogP) is 3.70. The number of aromatic nitrogens is 2. The molecular weight excluding hydrogens is 564 g/mol. The monoisotopic (exact) mass is 592 g/mol. The number of fused-ring (bicyclic) bond motifs is 3. The Balaban J connectivity index is 1.39. The van der Waals surface area contributed by atoms with E-state index in [1.165, 1.54) is 52.7 Å². The molecule has 2 aromatic heterocycles. The lowest BCUT2D eigenvalue weighted by atomic mass is 10.1. The zero-order valence-corrected chi connectivity index (χ0v) is 23.1. The minimum Gasteiger partial charge on any atom is -0.508 e. The van der Waals surface area contributed by atoms with E-state index in [1.54, 1.807) is 18.5 Å². The third kappa shape index (κ3) is 5.72. The number of benzene rings is 3. The molecule has 12 N–H and O–H groups in total. The first-order chi connectivity index (χ1) is 20.9. The molecule has 13 heteroatoms. The maximum Gasteiger partial charge on any atom is 0.339 e. The highest BCUT2D eigenvalue weighted by Gasteiger charge is 2.13.